The van der Waals surface area contributed by atoms with Gasteiger partial charge in [0.25, 0.3) is 0 Å². The molecule has 0 saturated carbocycles. The van der Waals surface area contributed by atoms with E-state index < -0.39 is 0 Å². The van der Waals surface area contributed by atoms with Gasteiger partial charge in [0.15, 0.2) is 0 Å². The van der Waals surface area contributed by atoms with Crippen LogP contribution in [0.25, 0.3) is 0 Å². The first-order valence-electron chi connectivity index (χ1n) is 4.40. The third-order valence-corrected chi connectivity index (χ3v) is 2.02. The average molecular weight is 160 g/mol. The van der Waals surface area contributed by atoms with Crippen molar-refractivity contribution in [1.82, 2.24) is 0 Å². The summed E-state index contributed by atoms with van der Waals surface area (Å²) in [5.41, 5.74) is 3.94. The maximum atomic E-state index is 3.83. The summed E-state index contributed by atoms with van der Waals surface area (Å²) in [6.45, 7) is 8.04. The van der Waals surface area contributed by atoms with E-state index in [0.717, 1.165) is 5.57 Å². The van der Waals surface area contributed by atoms with E-state index >= 15 is 0 Å². The second kappa shape index (κ2) is 4.10. The number of allylic oxidation sites excluding steroid dienone is 7. The Morgan fingerprint density at radius 3 is 2.92 bits per heavy atom. The van der Waals surface area contributed by atoms with Crippen molar-refractivity contribution in [2.45, 2.75) is 26.7 Å². The average Bonchev–Trinajstić information content (AvgIpc) is 2.03. The Morgan fingerprint density at radius 1 is 1.58 bits per heavy atom. The molecule has 0 aromatic carbocycles. The number of hydrogen-bond acceptors (Lipinski definition) is 0. The minimum absolute atomic E-state index is 1.11. The summed E-state index contributed by atoms with van der Waals surface area (Å²) in [4.78, 5) is 0. The highest BCUT2D eigenvalue weighted by Gasteiger charge is 1.99. The predicted molar refractivity (Wildman–Crippen MR) is 55.0 cm³/mol. The topological polar surface area (TPSA) is 0 Å². The Hall–Kier alpha value is -1.04. The molecule has 1 aliphatic carbocycles. The van der Waals surface area contributed by atoms with Crippen LogP contribution < -0.4 is 0 Å². The molecule has 0 heterocycles. The van der Waals surface area contributed by atoms with Gasteiger partial charge in [-0.05, 0) is 32.3 Å². The fourth-order valence-electron chi connectivity index (χ4n) is 1.23. The van der Waals surface area contributed by atoms with Crippen LogP contribution in [0, 0.1) is 0 Å². The Kier molecular flexibility index (Phi) is 3.09. The van der Waals surface area contributed by atoms with E-state index in [9.17, 15) is 0 Å². The van der Waals surface area contributed by atoms with Gasteiger partial charge in [-0.15, -0.1) is 0 Å². The highest BCUT2D eigenvalue weighted by molar-refractivity contribution is 5.39. The van der Waals surface area contributed by atoms with Gasteiger partial charge in [0, 0.05) is 0 Å². The molecule has 0 bridgehead atoms. The van der Waals surface area contributed by atoms with Gasteiger partial charge >= 0.3 is 0 Å². The van der Waals surface area contributed by atoms with Crippen molar-refractivity contribution < 1.29 is 0 Å². The van der Waals surface area contributed by atoms with E-state index in [0.29, 0.717) is 0 Å². The second-order valence-electron chi connectivity index (χ2n) is 3.36. The monoisotopic (exact) mass is 160 g/mol. The molecule has 0 spiro atoms. The van der Waals surface area contributed by atoms with E-state index in [1.54, 1.807) is 0 Å². The standard InChI is InChI=1S/C12H16/c1-10(2)8-9-12-7-5-4-6-11(12)3/h5,7-9H,1,4,6H2,2-3H3/b9-8+. The van der Waals surface area contributed by atoms with Crippen LogP contribution in [0.2, 0.25) is 0 Å². The van der Waals surface area contributed by atoms with Crippen LogP contribution in [0.4, 0.5) is 0 Å². The number of rotatable bonds is 2. The van der Waals surface area contributed by atoms with Gasteiger partial charge in [-0.3, -0.25) is 0 Å². The van der Waals surface area contributed by atoms with Crippen molar-refractivity contribution >= 4 is 0 Å². The molecule has 1 aliphatic rings. The summed E-state index contributed by atoms with van der Waals surface area (Å²) < 4.78 is 0. The van der Waals surface area contributed by atoms with Crippen molar-refractivity contribution in [2.24, 2.45) is 0 Å². The first-order chi connectivity index (χ1) is 5.70. The fraction of sp³-hybridized carbons (Fsp3) is 0.333. The zero-order valence-electron chi connectivity index (χ0n) is 7.93. The predicted octanol–water partition coefficient (Wildman–Crippen LogP) is 3.79. The van der Waals surface area contributed by atoms with Crippen molar-refractivity contribution in [2.75, 3.05) is 0 Å². The van der Waals surface area contributed by atoms with Gasteiger partial charge in [0.1, 0.15) is 0 Å². The molecule has 0 unspecified atom stereocenters. The van der Waals surface area contributed by atoms with Crippen molar-refractivity contribution in [3.05, 3.63) is 47.6 Å². The first-order valence-corrected chi connectivity index (χ1v) is 4.40. The lowest BCUT2D eigenvalue weighted by molar-refractivity contribution is 0.948. The van der Waals surface area contributed by atoms with E-state index in [4.69, 9.17) is 0 Å². The van der Waals surface area contributed by atoms with Crippen LogP contribution in [0.5, 0.6) is 0 Å². The lowest BCUT2D eigenvalue weighted by Crippen LogP contribution is -1.88. The zero-order valence-corrected chi connectivity index (χ0v) is 7.93. The molecule has 0 amide bonds. The summed E-state index contributed by atoms with van der Waals surface area (Å²) in [6, 6.07) is 0. The molecule has 1 rings (SSSR count). The van der Waals surface area contributed by atoms with Crippen molar-refractivity contribution in [3.63, 3.8) is 0 Å². The molecule has 0 N–H and O–H groups in total. The van der Waals surface area contributed by atoms with Gasteiger partial charge in [-0.2, -0.15) is 0 Å². The minimum atomic E-state index is 1.11. The van der Waals surface area contributed by atoms with E-state index in [1.165, 1.54) is 24.0 Å². The highest BCUT2D eigenvalue weighted by Crippen LogP contribution is 2.19. The Bertz CT molecular complexity index is 262. The van der Waals surface area contributed by atoms with Gasteiger partial charge in [0.2, 0.25) is 0 Å². The largest absolute Gasteiger partial charge is 0.0961 e. The fourth-order valence-corrected chi connectivity index (χ4v) is 1.23. The van der Waals surface area contributed by atoms with Gasteiger partial charge < -0.3 is 0 Å². The maximum Gasteiger partial charge on any atom is -0.0270 e. The first kappa shape index (κ1) is 9.05. The lowest BCUT2D eigenvalue weighted by Gasteiger charge is -2.08. The van der Waals surface area contributed by atoms with Crippen LogP contribution in [-0.2, 0) is 0 Å². The van der Waals surface area contributed by atoms with Gasteiger partial charge in [0.05, 0.1) is 0 Å². The summed E-state index contributed by atoms with van der Waals surface area (Å²) in [5, 5.41) is 0. The SMILES string of the molecule is C=C(C)/C=C/C1=C(C)CCC=C1. The Balaban J connectivity index is 2.74. The van der Waals surface area contributed by atoms with Crippen LogP contribution in [0.15, 0.2) is 47.6 Å². The minimum Gasteiger partial charge on any atom is -0.0961 e. The summed E-state index contributed by atoms with van der Waals surface area (Å²) >= 11 is 0. The van der Waals surface area contributed by atoms with Crippen LogP contribution in [0.1, 0.15) is 26.7 Å². The van der Waals surface area contributed by atoms with E-state index in [2.05, 4.69) is 37.8 Å². The summed E-state index contributed by atoms with van der Waals surface area (Å²) in [7, 11) is 0. The molecule has 0 aliphatic heterocycles. The van der Waals surface area contributed by atoms with Crippen LogP contribution in [-0.4, -0.2) is 0 Å². The summed E-state index contributed by atoms with van der Waals surface area (Å²) in [6.07, 6.45) is 11.0. The smallest absolute Gasteiger partial charge is 0.0270 e. The molecule has 0 saturated heterocycles. The molecule has 0 aromatic rings. The third kappa shape index (κ3) is 2.54. The van der Waals surface area contributed by atoms with Crippen LogP contribution in [0.3, 0.4) is 0 Å². The number of hydrogen-bond donors (Lipinski definition) is 0. The van der Waals surface area contributed by atoms with Crippen molar-refractivity contribution in [1.29, 1.82) is 0 Å². The van der Waals surface area contributed by atoms with Gasteiger partial charge in [-0.1, -0.05) is 42.0 Å². The Morgan fingerprint density at radius 2 is 2.33 bits per heavy atom. The van der Waals surface area contributed by atoms with Gasteiger partial charge in [-0.25, -0.2) is 0 Å². The highest BCUT2D eigenvalue weighted by atomic mass is 14.0. The van der Waals surface area contributed by atoms with E-state index in [1.807, 2.05) is 6.92 Å². The molecule has 0 atom stereocenters. The molecule has 0 heteroatoms. The molecule has 12 heavy (non-hydrogen) atoms. The Labute approximate surface area is 75.0 Å². The normalized spacial score (nSPS) is 17.5. The quantitative estimate of drug-likeness (QED) is 0.539. The zero-order chi connectivity index (χ0) is 8.97. The molecule has 0 aromatic heterocycles. The van der Waals surface area contributed by atoms with Crippen LogP contribution >= 0.6 is 0 Å². The van der Waals surface area contributed by atoms with E-state index in [-0.39, 0.29) is 0 Å². The lowest BCUT2D eigenvalue weighted by atomic mass is 9.98. The molecule has 0 nitrogen and oxygen atoms in total. The third-order valence-electron chi connectivity index (χ3n) is 2.02. The molecule has 0 radical (unpaired) electrons. The molecule has 0 fully saturated rings. The molecular formula is C12H16. The molecule has 64 valence electrons. The second-order valence-corrected chi connectivity index (χ2v) is 3.36. The molecular weight excluding hydrogens is 144 g/mol. The summed E-state index contributed by atoms with van der Waals surface area (Å²) in [5.74, 6) is 0. The maximum absolute atomic E-state index is 3.83. The van der Waals surface area contributed by atoms with Crippen molar-refractivity contribution in [3.8, 4) is 0 Å².